The van der Waals surface area contributed by atoms with E-state index in [9.17, 15) is 8.42 Å². The molecule has 1 aliphatic heterocycles. The Morgan fingerprint density at radius 2 is 1.90 bits per heavy atom. The van der Waals surface area contributed by atoms with Gasteiger partial charge in [0.2, 0.25) is 10.0 Å². The van der Waals surface area contributed by atoms with E-state index in [4.69, 9.17) is 15.2 Å². The molecule has 0 spiro atoms. The molecule has 0 saturated carbocycles. The third kappa shape index (κ3) is 3.41. The van der Waals surface area contributed by atoms with Gasteiger partial charge in [-0.2, -0.15) is 0 Å². The molecule has 0 atom stereocenters. The smallest absolute Gasteiger partial charge is 0.241 e. The second-order valence-corrected chi connectivity index (χ2v) is 7.03. The Balaban J connectivity index is 2.31. The highest BCUT2D eigenvalue weighted by Gasteiger charge is 2.26. The number of sulfonamides is 1. The van der Waals surface area contributed by atoms with Gasteiger partial charge in [0.05, 0.1) is 18.1 Å². The summed E-state index contributed by atoms with van der Waals surface area (Å²) in [7, 11) is -3.64. The van der Waals surface area contributed by atoms with Gasteiger partial charge >= 0.3 is 0 Å². The zero-order valence-corrected chi connectivity index (χ0v) is 12.5. The molecule has 7 heteroatoms. The molecule has 0 radical (unpaired) electrons. The van der Waals surface area contributed by atoms with Crippen LogP contribution in [0.15, 0.2) is 23.1 Å². The molecule has 1 heterocycles. The lowest BCUT2D eigenvalue weighted by atomic mass is 10.1. The first kappa shape index (κ1) is 15.1. The molecule has 0 aliphatic carbocycles. The molecular formula is C13H20N2O4S. The average Bonchev–Trinajstić information content (AvgIpc) is 2.61. The third-order valence-corrected chi connectivity index (χ3v) is 4.65. The summed E-state index contributed by atoms with van der Waals surface area (Å²) in [4.78, 5) is 0.142. The quantitative estimate of drug-likeness (QED) is 0.861. The van der Waals surface area contributed by atoms with Crippen LogP contribution in [0.5, 0.6) is 11.5 Å². The van der Waals surface area contributed by atoms with E-state index in [0.29, 0.717) is 24.7 Å². The highest BCUT2D eigenvalue weighted by atomic mass is 32.2. The first-order valence-electron chi connectivity index (χ1n) is 6.48. The van der Waals surface area contributed by atoms with Gasteiger partial charge in [-0.1, -0.05) is 0 Å². The van der Waals surface area contributed by atoms with Gasteiger partial charge in [0.15, 0.2) is 11.5 Å². The Labute approximate surface area is 119 Å². The summed E-state index contributed by atoms with van der Waals surface area (Å²) in [6.07, 6.45) is 0.773. The number of hydrogen-bond acceptors (Lipinski definition) is 5. The van der Waals surface area contributed by atoms with Crippen LogP contribution >= 0.6 is 0 Å². The van der Waals surface area contributed by atoms with Crippen LogP contribution in [0.25, 0.3) is 0 Å². The Morgan fingerprint density at radius 1 is 1.25 bits per heavy atom. The molecule has 2 rings (SSSR count). The predicted molar refractivity (Wildman–Crippen MR) is 75.5 cm³/mol. The number of nitrogens with two attached hydrogens (primary N) is 1. The maximum absolute atomic E-state index is 12.3. The van der Waals surface area contributed by atoms with Crippen LogP contribution in [0.3, 0.4) is 0 Å². The maximum atomic E-state index is 12.3. The number of hydrogen-bond donors (Lipinski definition) is 2. The average molecular weight is 300 g/mol. The van der Waals surface area contributed by atoms with Crippen molar-refractivity contribution in [1.82, 2.24) is 4.72 Å². The van der Waals surface area contributed by atoms with Crippen molar-refractivity contribution in [3.05, 3.63) is 18.2 Å². The minimum Gasteiger partial charge on any atom is -0.490 e. The summed E-state index contributed by atoms with van der Waals surface area (Å²) in [6.45, 7) is 4.74. The molecular weight excluding hydrogens is 280 g/mol. The summed E-state index contributed by atoms with van der Waals surface area (Å²) >= 11 is 0. The summed E-state index contributed by atoms with van der Waals surface area (Å²) < 4.78 is 38.2. The van der Waals surface area contributed by atoms with Gasteiger partial charge in [-0.15, -0.1) is 0 Å². The van der Waals surface area contributed by atoms with Gasteiger partial charge in [-0.3, -0.25) is 0 Å². The SMILES string of the molecule is CC(C)(CN)NS(=O)(=O)c1ccc2c(c1)OCCCO2. The lowest BCUT2D eigenvalue weighted by Crippen LogP contribution is -2.48. The lowest BCUT2D eigenvalue weighted by Gasteiger charge is -2.24. The van der Waals surface area contributed by atoms with Gasteiger partial charge in [-0.05, 0) is 26.0 Å². The fraction of sp³-hybridized carbons (Fsp3) is 0.538. The zero-order chi connectivity index (χ0) is 14.8. The van der Waals surface area contributed by atoms with E-state index in [1.807, 2.05) is 0 Å². The Bertz CT molecular complexity index is 584. The van der Waals surface area contributed by atoms with Crippen molar-refractivity contribution in [2.45, 2.75) is 30.7 Å². The molecule has 0 fully saturated rings. The van der Waals surface area contributed by atoms with Crippen LogP contribution in [0.2, 0.25) is 0 Å². The van der Waals surface area contributed by atoms with Crippen molar-refractivity contribution >= 4 is 10.0 Å². The van der Waals surface area contributed by atoms with Crippen molar-refractivity contribution in [1.29, 1.82) is 0 Å². The van der Waals surface area contributed by atoms with Crippen LogP contribution in [0, 0.1) is 0 Å². The molecule has 112 valence electrons. The van der Waals surface area contributed by atoms with Crippen molar-refractivity contribution in [3.63, 3.8) is 0 Å². The summed E-state index contributed by atoms with van der Waals surface area (Å²) in [5.74, 6) is 1.02. The van der Waals surface area contributed by atoms with Crippen LogP contribution < -0.4 is 19.9 Å². The molecule has 20 heavy (non-hydrogen) atoms. The second-order valence-electron chi connectivity index (χ2n) is 5.35. The van der Waals surface area contributed by atoms with Crippen LogP contribution in [-0.2, 0) is 10.0 Å². The van der Waals surface area contributed by atoms with Crippen molar-refractivity contribution in [2.24, 2.45) is 5.73 Å². The van der Waals surface area contributed by atoms with Crippen LogP contribution in [0.4, 0.5) is 0 Å². The third-order valence-electron chi connectivity index (χ3n) is 2.95. The van der Waals surface area contributed by atoms with E-state index >= 15 is 0 Å². The zero-order valence-electron chi connectivity index (χ0n) is 11.7. The van der Waals surface area contributed by atoms with E-state index < -0.39 is 15.6 Å². The van der Waals surface area contributed by atoms with Crippen molar-refractivity contribution in [3.8, 4) is 11.5 Å². The lowest BCUT2D eigenvalue weighted by molar-refractivity contribution is 0.297. The van der Waals surface area contributed by atoms with Gasteiger partial charge in [0, 0.05) is 24.6 Å². The number of nitrogens with one attached hydrogen (secondary N) is 1. The molecule has 0 amide bonds. The molecule has 1 aliphatic rings. The highest BCUT2D eigenvalue weighted by Crippen LogP contribution is 2.32. The number of ether oxygens (including phenoxy) is 2. The number of benzene rings is 1. The van der Waals surface area contributed by atoms with Crippen molar-refractivity contribution < 1.29 is 17.9 Å². The van der Waals surface area contributed by atoms with E-state index in [0.717, 1.165) is 6.42 Å². The largest absolute Gasteiger partial charge is 0.490 e. The van der Waals surface area contributed by atoms with E-state index in [1.165, 1.54) is 12.1 Å². The Kier molecular flexibility index (Phi) is 4.22. The minimum atomic E-state index is -3.64. The molecule has 1 aromatic carbocycles. The predicted octanol–water partition coefficient (Wildman–Crippen LogP) is 0.864. The van der Waals surface area contributed by atoms with E-state index in [1.54, 1.807) is 19.9 Å². The van der Waals surface area contributed by atoms with Gasteiger partial charge in [0.1, 0.15) is 0 Å². The number of fused-ring (bicyclic) bond motifs is 1. The second kappa shape index (κ2) is 5.59. The first-order chi connectivity index (χ1) is 9.34. The standard InChI is InChI=1S/C13H20N2O4S/c1-13(2,9-14)15-20(16,17)10-4-5-11-12(8-10)19-7-3-6-18-11/h4-5,8,15H,3,6-7,9,14H2,1-2H3. The summed E-state index contributed by atoms with van der Waals surface area (Å²) in [5.41, 5.74) is 4.85. The van der Waals surface area contributed by atoms with Crippen LogP contribution in [-0.4, -0.2) is 33.7 Å². The molecule has 0 bridgehead atoms. The summed E-state index contributed by atoms with van der Waals surface area (Å²) in [5, 5.41) is 0. The van der Waals surface area contributed by atoms with Gasteiger partial charge in [0.25, 0.3) is 0 Å². The molecule has 1 aromatic rings. The monoisotopic (exact) mass is 300 g/mol. The highest BCUT2D eigenvalue weighted by molar-refractivity contribution is 7.89. The topological polar surface area (TPSA) is 90.7 Å². The van der Waals surface area contributed by atoms with E-state index in [-0.39, 0.29) is 11.4 Å². The van der Waals surface area contributed by atoms with Gasteiger partial charge in [-0.25, -0.2) is 13.1 Å². The van der Waals surface area contributed by atoms with Crippen molar-refractivity contribution in [2.75, 3.05) is 19.8 Å². The fourth-order valence-corrected chi connectivity index (χ4v) is 3.21. The van der Waals surface area contributed by atoms with Gasteiger partial charge < -0.3 is 15.2 Å². The fourth-order valence-electron chi connectivity index (χ4n) is 1.78. The minimum absolute atomic E-state index is 0.142. The normalized spacial score (nSPS) is 15.8. The first-order valence-corrected chi connectivity index (χ1v) is 7.96. The molecule has 0 aromatic heterocycles. The Hall–Kier alpha value is -1.31. The Morgan fingerprint density at radius 3 is 2.55 bits per heavy atom. The number of rotatable bonds is 4. The molecule has 0 saturated heterocycles. The molecule has 6 nitrogen and oxygen atoms in total. The maximum Gasteiger partial charge on any atom is 0.241 e. The molecule has 0 unspecified atom stereocenters. The van der Waals surface area contributed by atoms with Crippen LogP contribution in [0.1, 0.15) is 20.3 Å². The summed E-state index contributed by atoms with van der Waals surface area (Å²) in [6, 6.07) is 4.60. The molecule has 3 N–H and O–H groups in total. The van der Waals surface area contributed by atoms with E-state index in [2.05, 4.69) is 4.72 Å².